The van der Waals surface area contributed by atoms with Gasteiger partial charge in [0.1, 0.15) is 0 Å². The molecule has 0 saturated heterocycles. The summed E-state index contributed by atoms with van der Waals surface area (Å²) in [6.07, 6.45) is 0.789. The Labute approximate surface area is 91.8 Å². The average molecular weight is 226 g/mol. The third-order valence-electron chi connectivity index (χ3n) is 2.19. The summed E-state index contributed by atoms with van der Waals surface area (Å²) in [5.74, 6) is 0. The molecule has 1 rings (SSSR count). The maximum absolute atomic E-state index is 11.9. The molecule has 1 aromatic carbocycles. The highest BCUT2D eigenvalue weighted by Gasteiger charge is 2.17. The highest BCUT2D eigenvalue weighted by molar-refractivity contribution is 7.89. The van der Waals surface area contributed by atoms with Crippen molar-refractivity contribution in [3.8, 4) is 0 Å². The zero-order valence-corrected chi connectivity index (χ0v) is 10.4. The van der Waals surface area contributed by atoms with Crippen molar-refractivity contribution < 1.29 is 8.42 Å². The van der Waals surface area contributed by atoms with Gasteiger partial charge in [0, 0.05) is 14.1 Å². The van der Waals surface area contributed by atoms with E-state index >= 15 is 0 Å². The van der Waals surface area contributed by atoms with Gasteiger partial charge in [-0.05, 0) is 42.7 Å². The lowest BCUT2D eigenvalue weighted by molar-refractivity contribution is 0.520. The fourth-order valence-corrected chi connectivity index (χ4v) is 2.34. The minimum Gasteiger partial charge on any atom is -0.207 e. The summed E-state index contributed by atoms with van der Waals surface area (Å²) in [5.41, 5.74) is 1.78. The van der Waals surface area contributed by atoms with Crippen molar-refractivity contribution in [2.45, 2.75) is 25.2 Å². The van der Waals surface area contributed by atoms with E-state index in [1.165, 1.54) is 18.4 Å². The lowest BCUT2D eigenvalue weighted by Crippen LogP contribution is -2.22. The van der Waals surface area contributed by atoms with Gasteiger partial charge in [0.05, 0.1) is 4.90 Å². The van der Waals surface area contributed by atoms with E-state index in [-0.39, 0.29) is 0 Å². The van der Waals surface area contributed by atoms with E-state index in [4.69, 9.17) is 0 Å². The van der Waals surface area contributed by atoms with Gasteiger partial charge in [-0.15, -0.1) is 0 Å². The highest BCUT2D eigenvalue weighted by Crippen LogP contribution is 2.17. The molecule has 83 valence electrons. The smallest absolute Gasteiger partial charge is 0.207 e. The second-order valence-electron chi connectivity index (χ2n) is 3.67. The molecule has 0 bridgehead atoms. The SMILES string of the molecule is CCc1[c]c(C)cc(S(=O)(=O)N(C)C)c1. The number of benzene rings is 1. The van der Waals surface area contributed by atoms with Gasteiger partial charge in [0.25, 0.3) is 0 Å². The van der Waals surface area contributed by atoms with Crippen LogP contribution in [0.25, 0.3) is 0 Å². The molecule has 1 aromatic rings. The average Bonchev–Trinajstić information content (AvgIpc) is 2.16. The van der Waals surface area contributed by atoms with Crippen LogP contribution in [0.3, 0.4) is 0 Å². The zero-order chi connectivity index (χ0) is 11.6. The number of aryl methyl sites for hydroxylation is 2. The van der Waals surface area contributed by atoms with Crippen LogP contribution in [0.1, 0.15) is 18.1 Å². The molecule has 0 aliphatic rings. The first-order valence-electron chi connectivity index (χ1n) is 4.83. The predicted octanol–water partition coefficient (Wildman–Crippen LogP) is 1.61. The Bertz CT molecular complexity index is 450. The van der Waals surface area contributed by atoms with Gasteiger partial charge in [-0.3, -0.25) is 0 Å². The normalized spacial score (nSPS) is 12.1. The molecule has 0 heterocycles. The number of hydrogen-bond donors (Lipinski definition) is 0. The van der Waals surface area contributed by atoms with Crippen LogP contribution in [0.2, 0.25) is 0 Å². The Morgan fingerprint density at radius 3 is 2.40 bits per heavy atom. The van der Waals surface area contributed by atoms with Crippen molar-refractivity contribution in [3.63, 3.8) is 0 Å². The van der Waals surface area contributed by atoms with E-state index in [0.29, 0.717) is 4.90 Å². The quantitative estimate of drug-likeness (QED) is 0.785. The molecule has 0 unspecified atom stereocenters. The van der Waals surface area contributed by atoms with Gasteiger partial charge in [0.2, 0.25) is 10.0 Å². The zero-order valence-electron chi connectivity index (χ0n) is 9.53. The maximum atomic E-state index is 11.9. The van der Waals surface area contributed by atoms with E-state index in [1.54, 1.807) is 12.1 Å². The Morgan fingerprint density at radius 2 is 1.93 bits per heavy atom. The minimum atomic E-state index is -3.32. The molecule has 0 N–H and O–H groups in total. The molecule has 4 heteroatoms. The number of rotatable bonds is 3. The third-order valence-corrected chi connectivity index (χ3v) is 3.99. The summed E-state index contributed by atoms with van der Waals surface area (Å²) in [5, 5.41) is 0. The molecular formula is C11H16NO2S. The summed E-state index contributed by atoms with van der Waals surface area (Å²) in [6, 6.07) is 6.46. The molecule has 0 fully saturated rings. The van der Waals surface area contributed by atoms with Crippen molar-refractivity contribution in [1.82, 2.24) is 4.31 Å². The van der Waals surface area contributed by atoms with E-state index in [9.17, 15) is 8.42 Å². The molecule has 0 aliphatic carbocycles. The Morgan fingerprint density at radius 1 is 1.33 bits per heavy atom. The first-order chi connectivity index (χ1) is 6.87. The first-order valence-corrected chi connectivity index (χ1v) is 6.27. The molecule has 15 heavy (non-hydrogen) atoms. The molecule has 0 atom stereocenters. The van der Waals surface area contributed by atoms with Crippen molar-refractivity contribution >= 4 is 10.0 Å². The van der Waals surface area contributed by atoms with Crippen molar-refractivity contribution in [3.05, 3.63) is 29.3 Å². The van der Waals surface area contributed by atoms with E-state index < -0.39 is 10.0 Å². The second kappa shape index (κ2) is 4.33. The Kier molecular flexibility index (Phi) is 3.52. The van der Waals surface area contributed by atoms with Crippen LogP contribution < -0.4 is 0 Å². The maximum Gasteiger partial charge on any atom is 0.242 e. The second-order valence-corrected chi connectivity index (χ2v) is 5.82. The summed E-state index contributed by atoms with van der Waals surface area (Å²) in [6.45, 7) is 3.84. The fraction of sp³-hybridized carbons (Fsp3) is 0.455. The molecule has 0 aromatic heterocycles. The largest absolute Gasteiger partial charge is 0.242 e. The van der Waals surface area contributed by atoms with Crippen molar-refractivity contribution in [2.75, 3.05) is 14.1 Å². The van der Waals surface area contributed by atoms with Crippen LogP contribution in [-0.2, 0) is 16.4 Å². The van der Waals surface area contributed by atoms with Gasteiger partial charge >= 0.3 is 0 Å². The van der Waals surface area contributed by atoms with Gasteiger partial charge in [-0.25, -0.2) is 12.7 Å². The molecule has 0 saturated carbocycles. The number of hydrogen-bond acceptors (Lipinski definition) is 2. The van der Waals surface area contributed by atoms with E-state index in [1.807, 2.05) is 13.8 Å². The van der Waals surface area contributed by atoms with Crippen LogP contribution in [0.15, 0.2) is 17.0 Å². The Hall–Kier alpha value is -0.870. The van der Waals surface area contributed by atoms with Gasteiger partial charge in [-0.1, -0.05) is 6.92 Å². The minimum absolute atomic E-state index is 0.348. The third kappa shape index (κ3) is 2.58. The topological polar surface area (TPSA) is 37.4 Å². The monoisotopic (exact) mass is 226 g/mol. The van der Waals surface area contributed by atoms with Crippen molar-refractivity contribution in [2.24, 2.45) is 0 Å². The highest BCUT2D eigenvalue weighted by atomic mass is 32.2. The van der Waals surface area contributed by atoms with Crippen LogP contribution in [0, 0.1) is 13.0 Å². The molecule has 0 amide bonds. The van der Waals surface area contributed by atoms with Gasteiger partial charge in [0.15, 0.2) is 0 Å². The number of nitrogens with zero attached hydrogens (tertiary/aromatic N) is 1. The Balaban J connectivity index is 3.33. The summed E-state index contributed by atoms with van der Waals surface area (Å²) in [4.78, 5) is 0.348. The standard InChI is InChI=1S/C11H16NO2S/c1-5-10-6-9(2)7-11(8-10)15(13,14)12(3)4/h7-8H,5H2,1-4H3. The van der Waals surface area contributed by atoms with Crippen LogP contribution >= 0.6 is 0 Å². The lowest BCUT2D eigenvalue weighted by atomic mass is 10.1. The summed E-state index contributed by atoms with van der Waals surface area (Å²) < 4.78 is 25.0. The van der Waals surface area contributed by atoms with Crippen molar-refractivity contribution in [1.29, 1.82) is 0 Å². The van der Waals surface area contributed by atoms with Crippen LogP contribution in [0.4, 0.5) is 0 Å². The van der Waals surface area contributed by atoms with E-state index in [2.05, 4.69) is 6.07 Å². The van der Waals surface area contributed by atoms with Gasteiger partial charge < -0.3 is 0 Å². The first kappa shape index (κ1) is 12.2. The summed E-state index contributed by atoms with van der Waals surface area (Å²) in [7, 11) is -0.249. The molecule has 0 aliphatic heterocycles. The van der Waals surface area contributed by atoms with E-state index in [0.717, 1.165) is 17.5 Å². The molecule has 0 spiro atoms. The molecule has 1 radical (unpaired) electrons. The lowest BCUT2D eigenvalue weighted by Gasteiger charge is -2.12. The summed E-state index contributed by atoms with van der Waals surface area (Å²) >= 11 is 0. The fourth-order valence-electron chi connectivity index (χ4n) is 1.30. The number of sulfonamides is 1. The molecule has 3 nitrogen and oxygen atoms in total. The van der Waals surface area contributed by atoms with Crippen LogP contribution in [-0.4, -0.2) is 26.8 Å². The van der Waals surface area contributed by atoms with Gasteiger partial charge in [-0.2, -0.15) is 0 Å². The predicted molar refractivity (Wildman–Crippen MR) is 60.3 cm³/mol. The molecular weight excluding hydrogens is 210 g/mol. The van der Waals surface area contributed by atoms with Crippen LogP contribution in [0.5, 0.6) is 0 Å².